The van der Waals surface area contributed by atoms with Crippen LogP contribution in [-0.4, -0.2) is 49.1 Å². The number of piperidine rings is 1. The van der Waals surface area contributed by atoms with E-state index in [1.807, 2.05) is 36.4 Å². The van der Waals surface area contributed by atoms with E-state index in [1.54, 1.807) is 0 Å². The third-order valence-corrected chi connectivity index (χ3v) is 7.19. The summed E-state index contributed by atoms with van der Waals surface area (Å²) in [6.07, 6.45) is 6.25. The summed E-state index contributed by atoms with van der Waals surface area (Å²) < 4.78 is 10.9. The Labute approximate surface area is 188 Å². The molecule has 1 saturated carbocycles. The molecule has 1 aromatic heterocycles. The van der Waals surface area contributed by atoms with Crippen LogP contribution in [0.25, 0.3) is 0 Å². The van der Waals surface area contributed by atoms with Gasteiger partial charge in [-0.15, -0.1) is 0 Å². The van der Waals surface area contributed by atoms with Crippen molar-refractivity contribution in [1.29, 1.82) is 5.41 Å². The summed E-state index contributed by atoms with van der Waals surface area (Å²) in [4.78, 5) is 19.4. The zero-order chi connectivity index (χ0) is 22.1. The first-order valence-electron chi connectivity index (χ1n) is 11.5. The number of esters is 1. The Morgan fingerprint density at radius 2 is 1.94 bits per heavy atom. The number of hydrogen-bond donors (Lipinski definition) is 2. The predicted octanol–water partition coefficient (Wildman–Crippen LogP) is 4.54. The van der Waals surface area contributed by atoms with Crippen LogP contribution in [0.5, 0.6) is 0 Å². The van der Waals surface area contributed by atoms with Crippen molar-refractivity contribution in [3.05, 3.63) is 47.7 Å². The molecule has 3 aliphatic rings. The Bertz CT molecular complexity index is 1010. The Kier molecular flexibility index (Phi) is 5.59. The molecule has 1 aromatic carbocycles. The maximum atomic E-state index is 12.5. The van der Waals surface area contributed by atoms with Crippen LogP contribution in [0.3, 0.4) is 0 Å². The molecule has 2 saturated heterocycles. The molecule has 7 heteroatoms. The number of aromatic nitrogens is 1. The minimum absolute atomic E-state index is 0.0292. The van der Waals surface area contributed by atoms with Crippen LogP contribution < -0.4 is 10.2 Å². The van der Waals surface area contributed by atoms with E-state index in [0.29, 0.717) is 11.5 Å². The van der Waals surface area contributed by atoms with Crippen molar-refractivity contribution in [3.63, 3.8) is 0 Å². The standard InChI is InChI=1S/C25H30N4O3/c1-31-24(30)19-16-20(29-13-10-25(11-14-29)12-15-32-25)21(22(26)17-6-5-7-17)23(28-19)27-18-8-3-2-4-9-18/h2-4,8-9,16-17,26H,5-7,10-15H2,1H3,(H,27,28). The van der Waals surface area contributed by atoms with E-state index in [-0.39, 0.29) is 17.2 Å². The van der Waals surface area contributed by atoms with Crippen molar-refractivity contribution in [2.45, 2.75) is 44.1 Å². The molecule has 5 rings (SSSR count). The molecular weight excluding hydrogens is 404 g/mol. The number of ether oxygens (including phenoxy) is 2. The van der Waals surface area contributed by atoms with Gasteiger partial charge >= 0.3 is 5.97 Å². The zero-order valence-corrected chi connectivity index (χ0v) is 18.5. The van der Waals surface area contributed by atoms with Gasteiger partial charge in [0.2, 0.25) is 0 Å². The van der Waals surface area contributed by atoms with E-state index < -0.39 is 5.97 Å². The van der Waals surface area contributed by atoms with Crippen LogP contribution in [0.1, 0.15) is 54.6 Å². The van der Waals surface area contributed by atoms with E-state index in [4.69, 9.17) is 14.9 Å². The van der Waals surface area contributed by atoms with E-state index in [0.717, 1.165) is 75.2 Å². The third kappa shape index (κ3) is 3.86. The second-order valence-electron chi connectivity index (χ2n) is 9.04. The molecule has 2 aromatic rings. The van der Waals surface area contributed by atoms with Gasteiger partial charge in [-0.2, -0.15) is 0 Å². The first-order valence-corrected chi connectivity index (χ1v) is 11.5. The normalized spacial score (nSPS) is 19.7. The molecule has 0 radical (unpaired) electrons. The van der Waals surface area contributed by atoms with Gasteiger partial charge in [0, 0.05) is 30.4 Å². The lowest BCUT2D eigenvalue weighted by Crippen LogP contribution is -2.52. The molecule has 32 heavy (non-hydrogen) atoms. The van der Waals surface area contributed by atoms with Crippen LogP contribution in [-0.2, 0) is 9.47 Å². The second kappa shape index (κ2) is 8.54. The summed E-state index contributed by atoms with van der Waals surface area (Å²) in [5.74, 6) is 0.313. The van der Waals surface area contributed by atoms with Crippen LogP contribution in [0.15, 0.2) is 36.4 Å². The number of methoxy groups -OCH3 is 1. The van der Waals surface area contributed by atoms with E-state index in [1.165, 1.54) is 7.11 Å². The van der Waals surface area contributed by atoms with Crippen molar-refractivity contribution < 1.29 is 14.3 Å². The van der Waals surface area contributed by atoms with Gasteiger partial charge in [0.05, 0.1) is 30.6 Å². The van der Waals surface area contributed by atoms with Gasteiger partial charge in [-0.25, -0.2) is 9.78 Å². The lowest BCUT2D eigenvalue weighted by Gasteiger charge is -2.48. The summed E-state index contributed by atoms with van der Waals surface area (Å²) in [7, 11) is 1.37. The van der Waals surface area contributed by atoms with Crippen molar-refractivity contribution >= 4 is 28.9 Å². The van der Waals surface area contributed by atoms with Gasteiger partial charge in [0.1, 0.15) is 5.82 Å². The maximum Gasteiger partial charge on any atom is 0.356 e. The van der Waals surface area contributed by atoms with Crippen molar-refractivity contribution in [1.82, 2.24) is 4.98 Å². The van der Waals surface area contributed by atoms with Crippen LogP contribution in [0.2, 0.25) is 0 Å². The van der Waals surface area contributed by atoms with E-state index in [9.17, 15) is 4.79 Å². The fourth-order valence-corrected chi connectivity index (χ4v) is 4.85. The largest absolute Gasteiger partial charge is 0.464 e. The number of rotatable bonds is 6. The van der Waals surface area contributed by atoms with Crippen LogP contribution in [0, 0.1) is 11.3 Å². The molecule has 1 spiro atoms. The zero-order valence-electron chi connectivity index (χ0n) is 18.5. The fraction of sp³-hybridized carbons (Fsp3) is 0.480. The number of pyridine rings is 1. The number of benzene rings is 1. The average molecular weight is 435 g/mol. The lowest BCUT2D eigenvalue weighted by atomic mass is 9.78. The van der Waals surface area contributed by atoms with Gasteiger partial charge < -0.3 is 25.1 Å². The first kappa shape index (κ1) is 20.9. The molecule has 168 valence electrons. The highest BCUT2D eigenvalue weighted by molar-refractivity contribution is 6.10. The number of hydrogen-bond acceptors (Lipinski definition) is 7. The van der Waals surface area contributed by atoms with E-state index in [2.05, 4.69) is 15.2 Å². The molecule has 0 atom stereocenters. The maximum absolute atomic E-state index is 12.5. The minimum Gasteiger partial charge on any atom is -0.464 e. The van der Waals surface area contributed by atoms with Gasteiger partial charge in [-0.1, -0.05) is 24.6 Å². The molecule has 0 unspecified atom stereocenters. The van der Waals surface area contributed by atoms with Crippen LogP contribution >= 0.6 is 0 Å². The van der Waals surface area contributed by atoms with E-state index >= 15 is 0 Å². The molecule has 7 nitrogen and oxygen atoms in total. The Balaban J connectivity index is 1.57. The quantitative estimate of drug-likeness (QED) is 0.513. The number of para-hydroxylation sites is 1. The number of nitrogens with zero attached hydrogens (tertiary/aromatic N) is 2. The third-order valence-electron chi connectivity index (χ3n) is 7.19. The smallest absolute Gasteiger partial charge is 0.356 e. The Morgan fingerprint density at radius 1 is 1.22 bits per heavy atom. The van der Waals surface area contributed by atoms with Crippen molar-refractivity contribution in [2.24, 2.45) is 5.92 Å². The van der Waals surface area contributed by atoms with Gasteiger partial charge in [-0.3, -0.25) is 0 Å². The summed E-state index contributed by atoms with van der Waals surface area (Å²) >= 11 is 0. The van der Waals surface area contributed by atoms with Gasteiger partial charge in [0.25, 0.3) is 0 Å². The number of nitrogens with one attached hydrogen (secondary N) is 2. The molecular formula is C25H30N4O3. The Hall–Kier alpha value is -2.93. The van der Waals surface area contributed by atoms with Gasteiger partial charge in [-0.05, 0) is 50.3 Å². The summed E-state index contributed by atoms with van der Waals surface area (Å²) in [5, 5.41) is 12.4. The SMILES string of the molecule is COC(=O)c1cc(N2CCC3(CCO3)CC2)c(C(=N)C2CCC2)c(Nc2ccccc2)n1. The second-order valence-corrected chi connectivity index (χ2v) is 9.04. The number of carbonyl (C=O) groups is 1. The molecule has 0 bridgehead atoms. The monoisotopic (exact) mass is 434 g/mol. The molecule has 2 aliphatic heterocycles. The summed E-state index contributed by atoms with van der Waals surface area (Å²) in [6, 6.07) is 11.6. The summed E-state index contributed by atoms with van der Waals surface area (Å²) in [5.41, 5.74) is 3.46. The van der Waals surface area contributed by atoms with Crippen molar-refractivity contribution in [2.75, 3.05) is 37.0 Å². The summed E-state index contributed by atoms with van der Waals surface area (Å²) in [6.45, 7) is 2.52. The lowest BCUT2D eigenvalue weighted by molar-refractivity contribution is -0.158. The molecule has 3 fully saturated rings. The average Bonchev–Trinajstić information content (AvgIpc) is 2.76. The molecule has 0 amide bonds. The molecule has 2 N–H and O–H groups in total. The highest BCUT2D eigenvalue weighted by Crippen LogP contribution is 2.41. The Morgan fingerprint density at radius 3 is 2.50 bits per heavy atom. The first-order chi connectivity index (χ1) is 15.6. The molecule has 3 heterocycles. The van der Waals surface area contributed by atoms with Gasteiger partial charge in [0.15, 0.2) is 5.69 Å². The molecule has 1 aliphatic carbocycles. The highest BCUT2D eigenvalue weighted by Gasteiger charge is 2.42. The topological polar surface area (TPSA) is 87.5 Å². The predicted molar refractivity (Wildman–Crippen MR) is 124 cm³/mol. The van der Waals surface area contributed by atoms with Crippen molar-refractivity contribution in [3.8, 4) is 0 Å². The fourth-order valence-electron chi connectivity index (χ4n) is 4.85. The number of carbonyl (C=O) groups excluding carboxylic acids is 1. The minimum atomic E-state index is -0.472. The van der Waals surface area contributed by atoms with Crippen LogP contribution in [0.4, 0.5) is 17.2 Å². The highest BCUT2D eigenvalue weighted by atomic mass is 16.5. The number of anilines is 3.